The highest BCUT2D eigenvalue weighted by Crippen LogP contribution is 2.23. The van der Waals surface area contributed by atoms with E-state index in [1.807, 2.05) is 13.0 Å². The number of benzene rings is 1. The summed E-state index contributed by atoms with van der Waals surface area (Å²) in [5.41, 5.74) is 0.493. The molecule has 0 spiro atoms. The first-order valence-corrected chi connectivity index (χ1v) is 8.32. The van der Waals surface area contributed by atoms with Gasteiger partial charge in [0, 0.05) is 19.6 Å². The summed E-state index contributed by atoms with van der Waals surface area (Å²) < 4.78 is 10.7. The molecule has 2 N–H and O–H groups in total. The third-order valence-corrected chi connectivity index (χ3v) is 3.68. The normalized spacial score (nSPS) is 14.9. The molecule has 0 bridgehead atoms. The van der Waals surface area contributed by atoms with Crippen LogP contribution in [-0.2, 0) is 14.3 Å². The molecule has 1 aromatic carbocycles. The molecule has 2 rings (SSSR count). The van der Waals surface area contributed by atoms with E-state index in [9.17, 15) is 9.59 Å². The molecule has 1 saturated heterocycles. The van der Waals surface area contributed by atoms with Crippen LogP contribution in [-0.4, -0.2) is 62.7 Å². The van der Waals surface area contributed by atoms with Crippen LogP contribution in [0.2, 0.25) is 0 Å². The SMILES string of the molecule is CCOc1ccccc1NC(=O)C(=O)NCCCN1CCOCC1. The van der Waals surface area contributed by atoms with Gasteiger partial charge < -0.3 is 20.1 Å². The zero-order valence-electron chi connectivity index (χ0n) is 14.0. The molecule has 1 aliphatic heterocycles. The van der Waals surface area contributed by atoms with Gasteiger partial charge in [0.05, 0.1) is 25.5 Å². The zero-order valence-corrected chi connectivity index (χ0v) is 14.0. The number of nitrogens with one attached hydrogen (secondary N) is 2. The van der Waals surface area contributed by atoms with Crippen molar-refractivity contribution in [1.29, 1.82) is 0 Å². The van der Waals surface area contributed by atoms with Crippen molar-refractivity contribution in [3.63, 3.8) is 0 Å². The van der Waals surface area contributed by atoms with Crippen LogP contribution >= 0.6 is 0 Å². The van der Waals surface area contributed by atoms with Crippen molar-refractivity contribution >= 4 is 17.5 Å². The lowest BCUT2D eigenvalue weighted by Crippen LogP contribution is -2.39. The minimum atomic E-state index is -0.687. The second kappa shape index (κ2) is 9.89. The van der Waals surface area contributed by atoms with Gasteiger partial charge in [-0.25, -0.2) is 0 Å². The Labute approximate surface area is 142 Å². The van der Waals surface area contributed by atoms with Crippen LogP contribution < -0.4 is 15.4 Å². The second-order valence-electron chi connectivity index (χ2n) is 5.45. The van der Waals surface area contributed by atoms with E-state index in [2.05, 4.69) is 15.5 Å². The molecule has 0 radical (unpaired) electrons. The Morgan fingerprint density at radius 2 is 1.96 bits per heavy atom. The van der Waals surface area contributed by atoms with E-state index >= 15 is 0 Å². The number of hydrogen-bond acceptors (Lipinski definition) is 5. The lowest BCUT2D eigenvalue weighted by Gasteiger charge is -2.26. The third kappa shape index (κ3) is 5.82. The Morgan fingerprint density at radius 3 is 2.71 bits per heavy atom. The maximum Gasteiger partial charge on any atom is 0.313 e. The molecule has 1 heterocycles. The Hall–Kier alpha value is -2.12. The Balaban J connectivity index is 1.71. The fourth-order valence-corrected chi connectivity index (χ4v) is 2.44. The number of para-hydroxylation sites is 2. The van der Waals surface area contributed by atoms with E-state index in [-0.39, 0.29) is 0 Å². The van der Waals surface area contributed by atoms with Gasteiger partial charge in [-0.3, -0.25) is 14.5 Å². The van der Waals surface area contributed by atoms with Gasteiger partial charge in [0.25, 0.3) is 0 Å². The summed E-state index contributed by atoms with van der Waals surface area (Å²) in [6.45, 7) is 7.06. The van der Waals surface area contributed by atoms with Crippen molar-refractivity contribution in [1.82, 2.24) is 10.2 Å². The number of carbonyl (C=O) groups is 2. The highest BCUT2D eigenvalue weighted by Gasteiger charge is 2.15. The van der Waals surface area contributed by atoms with Crippen LogP contribution in [0.4, 0.5) is 5.69 Å². The largest absolute Gasteiger partial charge is 0.492 e. The summed E-state index contributed by atoms with van der Waals surface area (Å²) >= 11 is 0. The molecule has 132 valence electrons. The van der Waals surface area contributed by atoms with Gasteiger partial charge in [-0.15, -0.1) is 0 Å². The average molecular weight is 335 g/mol. The van der Waals surface area contributed by atoms with E-state index in [4.69, 9.17) is 9.47 Å². The van der Waals surface area contributed by atoms with Crippen LogP contribution in [0.15, 0.2) is 24.3 Å². The second-order valence-corrected chi connectivity index (χ2v) is 5.45. The van der Waals surface area contributed by atoms with Gasteiger partial charge in [-0.1, -0.05) is 12.1 Å². The third-order valence-electron chi connectivity index (χ3n) is 3.68. The maximum atomic E-state index is 12.0. The minimum absolute atomic E-state index is 0.469. The maximum absolute atomic E-state index is 12.0. The van der Waals surface area contributed by atoms with E-state index in [1.54, 1.807) is 18.2 Å². The first-order valence-electron chi connectivity index (χ1n) is 8.32. The summed E-state index contributed by atoms with van der Waals surface area (Å²) in [5.74, 6) is -0.773. The topological polar surface area (TPSA) is 79.9 Å². The monoisotopic (exact) mass is 335 g/mol. The molecule has 1 fully saturated rings. The quantitative estimate of drug-likeness (QED) is 0.571. The lowest BCUT2D eigenvalue weighted by atomic mass is 10.3. The molecule has 0 atom stereocenters. The van der Waals surface area contributed by atoms with E-state index in [0.717, 1.165) is 39.3 Å². The molecule has 0 saturated carbocycles. The van der Waals surface area contributed by atoms with Crippen LogP contribution in [0.1, 0.15) is 13.3 Å². The molecule has 1 aromatic rings. The fourth-order valence-electron chi connectivity index (χ4n) is 2.44. The molecule has 7 heteroatoms. The summed E-state index contributed by atoms with van der Waals surface area (Å²) in [7, 11) is 0. The molecule has 24 heavy (non-hydrogen) atoms. The Bertz CT molecular complexity index is 544. The van der Waals surface area contributed by atoms with Gasteiger partial charge in [0.2, 0.25) is 0 Å². The first kappa shape index (κ1) is 18.2. The number of morpholine rings is 1. The van der Waals surface area contributed by atoms with Gasteiger partial charge in [-0.05, 0) is 32.0 Å². The number of nitrogens with zero attached hydrogens (tertiary/aromatic N) is 1. The van der Waals surface area contributed by atoms with Crippen molar-refractivity contribution in [2.24, 2.45) is 0 Å². The van der Waals surface area contributed by atoms with Gasteiger partial charge in [0.1, 0.15) is 5.75 Å². The van der Waals surface area contributed by atoms with Crippen LogP contribution in [0.25, 0.3) is 0 Å². The molecule has 2 amide bonds. The smallest absolute Gasteiger partial charge is 0.313 e. The van der Waals surface area contributed by atoms with Crippen LogP contribution in [0, 0.1) is 0 Å². The van der Waals surface area contributed by atoms with E-state index in [0.29, 0.717) is 24.6 Å². The van der Waals surface area contributed by atoms with Gasteiger partial charge >= 0.3 is 11.8 Å². The summed E-state index contributed by atoms with van der Waals surface area (Å²) in [5, 5.41) is 5.23. The van der Waals surface area contributed by atoms with E-state index in [1.165, 1.54) is 0 Å². The molecular formula is C17H25N3O4. The Kier molecular flexibility index (Phi) is 7.51. The number of amides is 2. The van der Waals surface area contributed by atoms with Gasteiger partial charge in [0.15, 0.2) is 0 Å². The molecule has 0 aromatic heterocycles. The van der Waals surface area contributed by atoms with E-state index < -0.39 is 11.8 Å². The van der Waals surface area contributed by atoms with Crippen molar-refractivity contribution in [2.75, 3.05) is 51.3 Å². The fraction of sp³-hybridized carbons (Fsp3) is 0.529. The lowest BCUT2D eigenvalue weighted by molar-refractivity contribution is -0.136. The Morgan fingerprint density at radius 1 is 1.21 bits per heavy atom. The van der Waals surface area contributed by atoms with Crippen LogP contribution in [0.3, 0.4) is 0 Å². The highest BCUT2D eigenvalue weighted by molar-refractivity contribution is 6.39. The summed E-state index contributed by atoms with van der Waals surface area (Å²) in [6, 6.07) is 7.04. The number of hydrogen-bond donors (Lipinski definition) is 2. The van der Waals surface area contributed by atoms with Gasteiger partial charge in [-0.2, -0.15) is 0 Å². The van der Waals surface area contributed by atoms with Crippen LogP contribution in [0.5, 0.6) is 5.75 Å². The molecule has 0 unspecified atom stereocenters. The molecule has 0 aliphatic carbocycles. The number of carbonyl (C=O) groups excluding carboxylic acids is 2. The minimum Gasteiger partial charge on any atom is -0.492 e. The number of ether oxygens (including phenoxy) is 2. The highest BCUT2D eigenvalue weighted by atomic mass is 16.5. The summed E-state index contributed by atoms with van der Waals surface area (Å²) in [4.78, 5) is 26.1. The predicted molar refractivity (Wildman–Crippen MR) is 91.1 cm³/mol. The average Bonchev–Trinajstić information content (AvgIpc) is 2.61. The van der Waals surface area contributed by atoms with Crippen molar-refractivity contribution in [3.05, 3.63) is 24.3 Å². The van der Waals surface area contributed by atoms with Crippen molar-refractivity contribution in [2.45, 2.75) is 13.3 Å². The summed E-state index contributed by atoms with van der Waals surface area (Å²) in [6.07, 6.45) is 0.800. The van der Waals surface area contributed by atoms with Crippen molar-refractivity contribution in [3.8, 4) is 5.75 Å². The number of rotatable bonds is 7. The molecule has 1 aliphatic rings. The predicted octanol–water partition coefficient (Wildman–Crippen LogP) is 0.862. The zero-order chi connectivity index (χ0) is 17.2. The number of anilines is 1. The van der Waals surface area contributed by atoms with Crippen molar-refractivity contribution < 1.29 is 19.1 Å². The first-order chi connectivity index (χ1) is 11.7. The standard InChI is InChI=1S/C17H25N3O4/c1-2-24-15-7-4-3-6-14(15)19-17(22)16(21)18-8-5-9-20-10-12-23-13-11-20/h3-4,6-7H,2,5,8-13H2,1H3,(H,18,21)(H,19,22). The molecule has 7 nitrogen and oxygen atoms in total. The molecular weight excluding hydrogens is 310 g/mol.